The topological polar surface area (TPSA) is 76.3 Å². The van der Waals surface area contributed by atoms with E-state index >= 15 is 0 Å². The second-order valence-electron chi connectivity index (χ2n) is 4.14. The van der Waals surface area contributed by atoms with E-state index in [1.165, 1.54) is 43.6 Å². The van der Waals surface area contributed by atoms with Gasteiger partial charge in [0.05, 0.1) is 11.4 Å². The van der Waals surface area contributed by atoms with Crippen LogP contribution in [0.5, 0.6) is 0 Å². The molecule has 0 saturated heterocycles. The number of sulfonamides is 1. The molecule has 1 aromatic carbocycles. The number of anilines is 1. The molecule has 0 unspecified atom stereocenters. The number of nitrogens with zero attached hydrogens (tertiary/aromatic N) is 2. The Bertz CT molecular complexity index is 685. The Morgan fingerprint density at radius 3 is 2.35 bits per heavy atom. The highest BCUT2D eigenvalue weighted by atomic mass is 32.2. The number of halogens is 1. The maximum atomic E-state index is 12.9. The average molecular weight is 295 g/mol. The second-order valence-corrected chi connectivity index (χ2v) is 6.11. The van der Waals surface area contributed by atoms with Crippen LogP contribution in [0.15, 0.2) is 47.5 Å². The van der Waals surface area contributed by atoms with Crippen molar-refractivity contribution in [2.24, 2.45) is 5.73 Å². The lowest BCUT2D eigenvalue weighted by atomic mass is 10.3. The van der Waals surface area contributed by atoms with E-state index in [1.807, 2.05) is 0 Å². The molecule has 1 aromatic heterocycles. The Kier molecular flexibility index (Phi) is 4.01. The minimum Gasteiger partial charge on any atom is -0.325 e. The number of pyridine rings is 1. The minimum absolute atomic E-state index is 0.0570. The molecule has 2 aromatic rings. The Balaban J connectivity index is 2.35. The van der Waals surface area contributed by atoms with Crippen molar-refractivity contribution in [3.63, 3.8) is 0 Å². The van der Waals surface area contributed by atoms with Crippen LogP contribution < -0.4 is 10.0 Å². The lowest BCUT2D eigenvalue weighted by Crippen LogP contribution is -2.26. The number of aromatic nitrogens is 1. The second kappa shape index (κ2) is 5.56. The molecule has 0 aliphatic rings. The predicted molar refractivity (Wildman–Crippen MR) is 74.1 cm³/mol. The van der Waals surface area contributed by atoms with Crippen molar-refractivity contribution >= 4 is 15.7 Å². The van der Waals surface area contributed by atoms with Crippen LogP contribution in [0, 0.1) is 5.82 Å². The third-order valence-electron chi connectivity index (χ3n) is 2.86. The first-order chi connectivity index (χ1) is 9.45. The van der Waals surface area contributed by atoms with E-state index in [0.717, 1.165) is 4.31 Å². The number of nitrogens with two attached hydrogens (primary N) is 1. The lowest BCUT2D eigenvalue weighted by Gasteiger charge is -2.19. The van der Waals surface area contributed by atoms with Gasteiger partial charge in [0.2, 0.25) is 0 Å². The lowest BCUT2D eigenvalue weighted by molar-refractivity contribution is 0.593. The van der Waals surface area contributed by atoms with Gasteiger partial charge >= 0.3 is 0 Å². The van der Waals surface area contributed by atoms with E-state index in [9.17, 15) is 12.8 Å². The van der Waals surface area contributed by atoms with Gasteiger partial charge in [0.1, 0.15) is 10.7 Å². The van der Waals surface area contributed by atoms with Crippen molar-refractivity contribution < 1.29 is 12.8 Å². The summed E-state index contributed by atoms with van der Waals surface area (Å²) in [4.78, 5) is 4.02. The van der Waals surface area contributed by atoms with Gasteiger partial charge in [0.25, 0.3) is 10.0 Å². The highest BCUT2D eigenvalue weighted by Gasteiger charge is 2.21. The summed E-state index contributed by atoms with van der Waals surface area (Å²) in [6.07, 6.45) is 1.26. The van der Waals surface area contributed by atoms with E-state index in [4.69, 9.17) is 5.73 Å². The van der Waals surface area contributed by atoms with E-state index in [0.29, 0.717) is 11.4 Å². The highest BCUT2D eigenvalue weighted by Crippen LogP contribution is 2.21. The van der Waals surface area contributed by atoms with Crippen LogP contribution in [-0.4, -0.2) is 20.4 Å². The largest absolute Gasteiger partial charge is 0.325 e. The minimum atomic E-state index is -3.72. The molecule has 0 saturated carbocycles. The van der Waals surface area contributed by atoms with Crippen molar-refractivity contribution in [3.05, 3.63) is 54.1 Å². The molecular weight excluding hydrogens is 281 g/mol. The van der Waals surface area contributed by atoms with Crippen LogP contribution in [0.2, 0.25) is 0 Å². The molecule has 20 heavy (non-hydrogen) atoms. The quantitative estimate of drug-likeness (QED) is 0.927. The molecule has 2 rings (SSSR count). The van der Waals surface area contributed by atoms with Gasteiger partial charge in [0, 0.05) is 19.8 Å². The standard InChI is InChI=1S/C13H14FN3O2S/c1-17(12-5-2-10(14)3-6-12)20(18,19)13-7-4-11(8-15)16-9-13/h2-7,9H,8,15H2,1H3. The summed E-state index contributed by atoms with van der Waals surface area (Å²) in [6.45, 7) is 0.244. The molecule has 0 amide bonds. The van der Waals surface area contributed by atoms with Gasteiger partial charge in [-0.05, 0) is 36.4 Å². The van der Waals surface area contributed by atoms with E-state index in [2.05, 4.69) is 4.98 Å². The predicted octanol–water partition coefficient (Wildman–Crippen LogP) is 1.50. The van der Waals surface area contributed by atoms with Crippen molar-refractivity contribution in [2.45, 2.75) is 11.4 Å². The summed E-state index contributed by atoms with van der Waals surface area (Å²) in [5.74, 6) is -0.423. The van der Waals surface area contributed by atoms with Gasteiger partial charge in [-0.25, -0.2) is 12.8 Å². The first kappa shape index (κ1) is 14.4. The highest BCUT2D eigenvalue weighted by molar-refractivity contribution is 7.92. The van der Waals surface area contributed by atoms with Gasteiger partial charge in [-0.3, -0.25) is 9.29 Å². The molecule has 0 bridgehead atoms. The molecule has 5 nitrogen and oxygen atoms in total. The smallest absolute Gasteiger partial charge is 0.265 e. The first-order valence-electron chi connectivity index (χ1n) is 5.84. The van der Waals surface area contributed by atoms with Crippen LogP contribution >= 0.6 is 0 Å². The van der Waals surface area contributed by atoms with Gasteiger partial charge in [-0.15, -0.1) is 0 Å². The molecular formula is C13H14FN3O2S. The summed E-state index contributed by atoms with van der Waals surface area (Å²) in [6, 6.07) is 8.22. The fraction of sp³-hybridized carbons (Fsp3) is 0.154. The SMILES string of the molecule is CN(c1ccc(F)cc1)S(=O)(=O)c1ccc(CN)nc1. The maximum absolute atomic E-state index is 12.9. The fourth-order valence-electron chi connectivity index (χ4n) is 1.63. The number of rotatable bonds is 4. The summed E-state index contributed by atoms with van der Waals surface area (Å²) in [5.41, 5.74) is 6.39. The normalized spacial score (nSPS) is 11.3. The molecule has 0 aliphatic carbocycles. The Labute approximate surface area is 116 Å². The summed E-state index contributed by atoms with van der Waals surface area (Å²) in [7, 11) is -2.32. The summed E-state index contributed by atoms with van der Waals surface area (Å²) < 4.78 is 38.7. The number of hydrogen-bond acceptors (Lipinski definition) is 4. The molecule has 0 fully saturated rings. The zero-order valence-electron chi connectivity index (χ0n) is 10.8. The Morgan fingerprint density at radius 1 is 1.20 bits per heavy atom. The summed E-state index contributed by atoms with van der Waals surface area (Å²) in [5, 5.41) is 0. The van der Waals surface area contributed by atoms with E-state index < -0.39 is 15.8 Å². The van der Waals surface area contributed by atoms with Crippen molar-refractivity contribution in [2.75, 3.05) is 11.4 Å². The van der Waals surface area contributed by atoms with E-state index in [1.54, 1.807) is 6.07 Å². The van der Waals surface area contributed by atoms with Crippen LogP contribution in [0.25, 0.3) is 0 Å². The molecule has 106 valence electrons. The zero-order valence-corrected chi connectivity index (χ0v) is 11.6. The molecule has 1 heterocycles. The van der Waals surface area contributed by atoms with Crippen LogP contribution in [-0.2, 0) is 16.6 Å². The van der Waals surface area contributed by atoms with Crippen LogP contribution in [0.4, 0.5) is 10.1 Å². The van der Waals surface area contributed by atoms with Gasteiger partial charge < -0.3 is 5.73 Å². The average Bonchev–Trinajstić information content (AvgIpc) is 2.47. The van der Waals surface area contributed by atoms with E-state index in [-0.39, 0.29) is 11.4 Å². The Morgan fingerprint density at radius 2 is 1.85 bits per heavy atom. The Hall–Kier alpha value is -1.99. The van der Waals surface area contributed by atoms with Crippen LogP contribution in [0.1, 0.15) is 5.69 Å². The molecule has 2 N–H and O–H groups in total. The fourth-order valence-corrected chi connectivity index (χ4v) is 2.77. The zero-order chi connectivity index (χ0) is 14.8. The van der Waals surface area contributed by atoms with Gasteiger partial charge in [-0.2, -0.15) is 0 Å². The third kappa shape index (κ3) is 2.78. The van der Waals surface area contributed by atoms with Gasteiger partial charge in [0.15, 0.2) is 0 Å². The third-order valence-corrected chi connectivity index (χ3v) is 4.62. The molecule has 0 spiro atoms. The van der Waals surface area contributed by atoms with Crippen LogP contribution in [0.3, 0.4) is 0 Å². The van der Waals surface area contributed by atoms with Crippen molar-refractivity contribution in [1.82, 2.24) is 4.98 Å². The first-order valence-corrected chi connectivity index (χ1v) is 7.28. The monoisotopic (exact) mass is 295 g/mol. The molecule has 0 aliphatic heterocycles. The molecule has 7 heteroatoms. The number of hydrogen-bond donors (Lipinski definition) is 1. The number of benzene rings is 1. The van der Waals surface area contributed by atoms with Crippen molar-refractivity contribution in [3.8, 4) is 0 Å². The van der Waals surface area contributed by atoms with Crippen molar-refractivity contribution in [1.29, 1.82) is 0 Å². The summed E-state index contributed by atoms with van der Waals surface area (Å²) >= 11 is 0. The molecule has 0 atom stereocenters. The van der Waals surface area contributed by atoms with Gasteiger partial charge in [-0.1, -0.05) is 0 Å². The maximum Gasteiger partial charge on any atom is 0.265 e. The molecule has 0 radical (unpaired) electrons.